The molecule has 3 heteroatoms. The normalized spacial score (nSPS) is 13.1. The number of rotatable bonds is 6. The van der Waals surface area contributed by atoms with Gasteiger partial charge in [0.05, 0.1) is 9.52 Å². The number of hydrogen-bond donors (Lipinski definition) is 1. The summed E-state index contributed by atoms with van der Waals surface area (Å²) >= 11 is 0. The molecule has 0 saturated heterocycles. The predicted molar refractivity (Wildman–Crippen MR) is 52.7 cm³/mol. The fourth-order valence-corrected chi connectivity index (χ4v) is 2.65. The lowest BCUT2D eigenvalue weighted by Gasteiger charge is -2.21. The second kappa shape index (κ2) is 5.74. The second-order valence-corrected chi connectivity index (χ2v) is 5.64. The number of ether oxygens (including phenoxy) is 1. The highest BCUT2D eigenvalue weighted by molar-refractivity contribution is 6.35. The first-order valence-corrected chi connectivity index (χ1v) is 6.31. The molecule has 2 N–H and O–H groups in total. The van der Waals surface area contributed by atoms with E-state index in [0.29, 0.717) is 5.41 Å². The fraction of sp³-hybridized carbons (Fsp3) is 1.00. The molecule has 0 aromatic carbocycles. The molecule has 0 rings (SSSR count). The summed E-state index contributed by atoms with van der Waals surface area (Å²) in [6.45, 7) is 5.26. The van der Waals surface area contributed by atoms with E-state index in [1.54, 1.807) is 7.11 Å². The molecule has 0 bridgehead atoms. The summed E-state index contributed by atoms with van der Waals surface area (Å²) in [5.41, 5.74) is 5.95. The van der Waals surface area contributed by atoms with Crippen molar-refractivity contribution in [3.05, 3.63) is 0 Å². The van der Waals surface area contributed by atoms with Gasteiger partial charge in [0.2, 0.25) is 0 Å². The highest BCUT2D eigenvalue weighted by Gasteiger charge is 2.13. The zero-order valence-corrected chi connectivity index (χ0v) is 9.44. The molecule has 0 aromatic heterocycles. The van der Waals surface area contributed by atoms with Crippen LogP contribution in [0.3, 0.4) is 0 Å². The molecular weight excluding hydrogens is 154 g/mol. The van der Waals surface area contributed by atoms with Crippen molar-refractivity contribution in [1.29, 1.82) is 0 Å². The molecule has 0 aromatic rings. The molecule has 2 nitrogen and oxygen atoms in total. The molecule has 0 aliphatic carbocycles. The van der Waals surface area contributed by atoms with E-state index in [0.717, 1.165) is 12.8 Å². The van der Waals surface area contributed by atoms with Gasteiger partial charge in [0, 0.05) is 13.3 Å². The lowest BCUT2D eigenvalue weighted by atomic mass is 9.91. The van der Waals surface area contributed by atoms with Crippen molar-refractivity contribution in [2.45, 2.75) is 26.3 Å². The minimum absolute atomic E-state index is 0.0444. The van der Waals surface area contributed by atoms with E-state index in [9.17, 15) is 0 Å². The zero-order valence-electron chi connectivity index (χ0n) is 8.02. The van der Waals surface area contributed by atoms with Crippen LogP contribution in [-0.2, 0) is 4.74 Å². The van der Waals surface area contributed by atoms with Crippen LogP contribution in [-0.4, -0.2) is 29.4 Å². The molecule has 0 amide bonds. The van der Waals surface area contributed by atoms with Crippen molar-refractivity contribution < 1.29 is 4.74 Å². The second-order valence-electron chi connectivity index (χ2n) is 3.82. The Labute approximate surface area is 72.3 Å². The van der Waals surface area contributed by atoms with Crippen molar-refractivity contribution in [2.75, 3.05) is 19.9 Å². The van der Waals surface area contributed by atoms with Crippen LogP contribution >= 0.6 is 0 Å². The Balaban J connectivity index is 3.23. The topological polar surface area (TPSA) is 35.2 Å². The standard InChI is InChI=1S/C8H21NOSi/c1-8(2,6-9)4-5-11-7-10-3/h4-7,9,11H2,1-3H3. The lowest BCUT2D eigenvalue weighted by molar-refractivity contribution is 0.250. The molecule has 0 spiro atoms. The molecule has 68 valence electrons. The van der Waals surface area contributed by atoms with Gasteiger partial charge in [-0.05, 0) is 18.4 Å². The third-order valence-corrected chi connectivity index (χ3v) is 3.56. The maximum atomic E-state index is 5.61. The number of nitrogens with two attached hydrogens (primary N) is 1. The van der Waals surface area contributed by atoms with Crippen molar-refractivity contribution >= 4 is 9.52 Å². The third-order valence-electron chi connectivity index (χ3n) is 2.00. The van der Waals surface area contributed by atoms with Gasteiger partial charge in [-0.15, -0.1) is 0 Å². The minimum Gasteiger partial charge on any atom is -0.389 e. The maximum absolute atomic E-state index is 5.61. The average Bonchev–Trinajstić information content (AvgIpc) is 1.99. The maximum Gasteiger partial charge on any atom is 0.0516 e. The largest absolute Gasteiger partial charge is 0.389 e. The molecule has 0 saturated carbocycles. The summed E-state index contributed by atoms with van der Waals surface area (Å²) in [7, 11) is 1.82. The lowest BCUT2D eigenvalue weighted by Crippen LogP contribution is -2.24. The Morgan fingerprint density at radius 2 is 2.09 bits per heavy atom. The highest BCUT2D eigenvalue weighted by atomic mass is 28.2. The van der Waals surface area contributed by atoms with E-state index in [2.05, 4.69) is 13.8 Å². The van der Waals surface area contributed by atoms with Crippen LogP contribution in [0.4, 0.5) is 0 Å². The quantitative estimate of drug-likeness (QED) is 0.473. The van der Waals surface area contributed by atoms with Gasteiger partial charge >= 0.3 is 0 Å². The molecule has 0 aliphatic heterocycles. The van der Waals surface area contributed by atoms with Crippen LogP contribution in [0.5, 0.6) is 0 Å². The smallest absolute Gasteiger partial charge is 0.0516 e. The van der Waals surface area contributed by atoms with Crippen molar-refractivity contribution in [2.24, 2.45) is 11.1 Å². The van der Waals surface area contributed by atoms with Crippen LogP contribution in [0.2, 0.25) is 6.04 Å². The fourth-order valence-electron chi connectivity index (χ4n) is 0.952. The summed E-state index contributed by atoms with van der Waals surface area (Å²) in [6, 6.07) is 1.36. The summed E-state index contributed by atoms with van der Waals surface area (Å²) in [4.78, 5) is 0. The minimum atomic E-state index is 0.0444. The molecule has 0 aliphatic rings. The van der Waals surface area contributed by atoms with Gasteiger partial charge in [0.1, 0.15) is 0 Å². The first-order valence-electron chi connectivity index (χ1n) is 4.31. The third kappa shape index (κ3) is 6.53. The number of methoxy groups -OCH3 is 1. The molecular formula is C8H21NOSi. The van der Waals surface area contributed by atoms with E-state index >= 15 is 0 Å². The van der Waals surface area contributed by atoms with Gasteiger partial charge in [-0.1, -0.05) is 19.9 Å². The SMILES string of the molecule is COC[SiH2]CCC(C)(C)CN. The summed E-state index contributed by atoms with van der Waals surface area (Å²) in [6.07, 6.45) is 2.28. The van der Waals surface area contributed by atoms with Gasteiger partial charge < -0.3 is 10.5 Å². The highest BCUT2D eigenvalue weighted by Crippen LogP contribution is 2.19. The Bertz CT molecular complexity index is 96.1. The Hall–Kier alpha value is 0.137. The van der Waals surface area contributed by atoms with E-state index in [4.69, 9.17) is 10.5 Å². The van der Waals surface area contributed by atoms with E-state index in [1.165, 1.54) is 12.5 Å². The average molecular weight is 175 g/mol. The van der Waals surface area contributed by atoms with Gasteiger partial charge in [-0.3, -0.25) is 0 Å². The molecule has 0 fully saturated rings. The van der Waals surface area contributed by atoms with Crippen molar-refractivity contribution in [3.63, 3.8) is 0 Å². The van der Waals surface area contributed by atoms with E-state index in [1.807, 2.05) is 0 Å². The van der Waals surface area contributed by atoms with Crippen LogP contribution in [0.15, 0.2) is 0 Å². The summed E-state index contributed by atoms with van der Waals surface area (Å²) < 4.78 is 5.02. The molecule has 11 heavy (non-hydrogen) atoms. The molecule has 0 unspecified atom stereocenters. The van der Waals surface area contributed by atoms with Crippen LogP contribution in [0, 0.1) is 5.41 Å². The monoisotopic (exact) mass is 175 g/mol. The van der Waals surface area contributed by atoms with Gasteiger partial charge in [-0.25, -0.2) is 0 Å². The first-order chi connectivity index (χ1) is 5.12. The van der Waals surface area contributed by atoms with Gasteiger partial charge in [0.15, 0.2) is 0 Å². The van der Waals surface area contributed by atoms with Crippen LogP contribution in [0.1, 0.15) is 20.3 Å². The van der Waals surface area contributed by atoms with E-state index < -0.39 is 0 Å². The van der Waals surface area contributed by atoms with Crippen molar-refractivity contribution in [3.8, 4) is 0 Å². The molecule has 0 atom stereocenters. The van der Waals surface area contributed by atoms with E-state index in [-0.39, 0.29) is 9.52 Å². The van der Waals surface area contributed by atoms with Gasteiger partial charge in [0.25, 0.3) is 0 Å². The van der Waals surface area contributed by atoms with Crippen LogP contribution < -0.4 is 5.73 Å². The molecule has 0 radical (unpaired) electrons. The predicted octanol–water partition coefficient (Wildman–Crippen LogP) is 0.552. The number of hydrogen-bond acceptors (Lipinski definition) is 2. The Morgan fingerprint density at radius 3 is 2.55 bits per heavy atom. The van der Waals surface area contributed by atoms with Crippen LogP contribution in [0.25, 0.3) is 0 Å². The zero-order chi connectivity index (χ0) is 8.74. The Morgan fingerprint density at radius 1 is 1.45 bits per heavy atom. The van der Waals surface area contributed by atoms with Crippen molar-refractivity contribution in [1.82, 2.24) is 0 Å². The summed E-state index contributed by atoms with van der Waals surface area (Å²) in [5, 5.41) is 0. The molecule has 0 heterocycles. The Kier molecular flexibility index (Phi) is 5.82. The summed E-state index contributed by atoms with van der Waals surface area (Å²) in [5.74, 6) is 0. The van der Waals surface area contributed by atoms with Gasteiger partial charge in [-0.2, -0.15) is 0 Å². The first kappa shape index (κ1) is 11.1.